The van der Waals surface area contributed by atoms with Crippen molar-refractivity contribution in [2.45, 2.75) is 0 Å². The second-order valence-corrected chi connectivity index (χ2v) is 7.68. The molecule has 0 bridgehead atoms. The van der Waals surface area contributed by atoms with Crippen LogP contribution in [-0.4, -0.2) is 28.0 Å². The van der Waals surface area contributed by atoms with E-state index in [9.17, 15) is 14.9 Å². The maximum atomic E-state index is 12.1. The third-order valence-corrected chi connectivity index (χ3v) is 5.22. The molecule has 2 aromatic carbocycles. The number of benzene rings is 2. The van der Waals surface area contributed by atoms with Crippen molar-refractivity contribution < 1.29 is 14.5 Å². The van der Waals surface area contributed by atoms with Gasteiger partial charge >= 0.3 is 0 Å². The normalized spacial score (nSPS) is 10.6. The summed E-state index contributed by atoms with van der Waals surface area (Å²) in [6, 6.07) is 11.7. The third-order valence-electron chi connectivity index (χ3n) is 3.94. The molecule has 1 aromatic heterocycles. The van der Waals surface area contributed by atoms with E-state index in [1.54, 1.807) is 13.2 Å². The lowest BCUT2D eigenvalue weighted by molar-refractivity contribution is -0.384. The van der Waals surface area contributed by atoms with Gasteiger partial charge in [0.05, 0.1) is 17.7 Å². The van der Waals surface area contributed by atoms with E-state index in [2.05, 4.69) is 15.6 Å². The van der Waals surface area contributed by atoms with Crippen LogP contribution in [0.5, 0.6) is 5.75 Å². The molecule has 0 radical (unpaired) electrons. The van der Waals surface area contributed by atoms with E-state index >= 15 is 0 Å². The van der Waals surface area contributed by atoms with Crippen molar-refractivity contribution >= 4 is 63.1 Å². The number of nitrogens with one attached hydrogen (secondary N) is 2. The van der Waals surface area contributed by atoms with Gasteiger partial charge in [-0.2, -0.15) is 0 Å². The number of anilines is 1. The monoisotopic (exact) mass is 474 g/mol. The van der Waals surface area contributed by atoms with Gasteiger partial charge in [-0.3, -0.25) is 20.2 Å². The highest BCUT2D eigenvalue weighted by Crippen LogP contribution is 2.27. The zero-order valence-electron chi connectivity index (χ0n) is 16.0. The van der Waals surface area contributed by atoms with Crippen LogP contribution in [0.25, 0.3) is 17.3 Å². The van der Waals surface area contributed by atoms with Crippen molar-refractivity contribution in [2.24, 2.45) is 0 Å². The van der Waals surface area contributed by atoms with Crippen molar-refractivity contribution in [3.8, 4) is 17.0 Å². The van der Waals surface area contributed by atoms with Gasteiger partial charge in [0.2, 0.25) is 5.91 Å². The summed E-state index contributed by atoms with van der Waals surface area (Å²) in [5, 5.41) is 18.8. The van der Waals surface area contributed by atoms with Gasteiger partial charge in [-0.25, -0.2) is 4.98 Å². The minimum atomic E-state index is -0.590. The number of rotatable bonds is 6. The SMILES string of the molecule is COc1ccc(-c2csc(NC(=S)NC(=O)C=Cc3ccc(Cl)c([N+](=O)[O-])c3)n2)cc1. The smallest absolute Gasteiger partial charge is 0.288 e. The Hall–Kier alpha value is -3.34. The molecule has 3 aromatic rings. The van der Waals surface area contributed by atoms with Crippen LogP contribution in [-0.2, 0) is 4.79 Å². The lowest BCUT2D eigenvalue weighted by atomic mass is 10.2. The Morgan fingerprint density at radius 1 is 1.29 bits per heavy atom. The summed E-state index contributed by atoms with van der Waals surface area (Å²) >= 11 is 12.3. The van der Waals surface area contributed by atoms with Crippen LogP contribution >= 0.6 is 35.2 Å². The lowest BCUT2D eigenvalue weighted by Crippen LogP contribution is -2.32. The number of hydrogen-bond donors (Lipinski definition) is 2. The van der Waals surface area contributed by atoms with Crippen LogP contribution in [0.4, 0.5) is 10.8 Å². The minimum absolute atomic E-state index is 0.0226. The number of hydrogen-bond acceptors (Lipinski definition) is 7. The fourth-order valence-electron chi connectivity index (χ4n) is 2.45. The van der Waals surface area contributed by atoms with E-state index in [4.69, 9.17) is 28.6 Å². The first-order valence-corrected chi connectivity index (χ1v) is 10.4. The van der Waals surface area contributed by atoms with E-state index in [0.717, 1.165) is 17.0 Å². The Balaban J connectivity index is 1.57. The average Bonchev–Trinajstić information content (AvgIpc) is 3.21. The molecule has 0 unspecified atom stereocenters. The van der Waals surface area contributed by atoms with Crippen LogP contribution in [0.1, 0.15) is 5.56 Å². The molecule has 2 N–H and O–H groups in total. The van der Waals surface area contributed by atoms with Gasteiger partial charge in [0.1, 0.15) is 10.8 Å². The first-order valence-electron chi connectivity index (χ1n) is 8.69. The molecular weight excluding hydrogens is 460 g/mol. The highest BCUT2D eigenvalue weighted by Gasteiger charge is 2.12. The summed E-state index contributed by atoms with van der Waals surface area (Å²) in [7, 11) is 1.60. The predicted octanol–water partition coefficient (Wildman–Crippen LogP) is 4.91. The van der Waals surface area contributed by atoms with Gasteiger partial charge in [0.15, 0.2) is 10.2 Å². The molecule has 11 heteroatoms. The number of thiazole rings is 1. The number of halogens is 1. The zero-order chi connectivity index (χ0) is 22.4. The number of ether oxygens (including phenoxy) is 1. The standard InChI is InChI=1S/C20H15ClN4O4S2/c1-29-14-6-4-13(5-7-14)16-11-31-20(22-16)24-19(30)23-18(26)9-3-12-2-8-15(21)17(10-12)25(27)28/h2-11H,1H3,(H2,22,23,24,26,30). The van der Waals surface area contributed by atoms with Crippen LogP contribution in [0, 0.1) is 10.1 Å². The van der Waals surface area contributed by atoms with Crippen LogP contribution in [0.15, 0.2) is 53.9 Å². The molecule has 1 heterocycles. The summed E-state index contributed by atoms with van der Waals surface area (Å²) in [6.07, 6.45) is 2.64. The zero-order valence-corrected chi connectivity index (χ0v) is 18.4. The first-order chi connectivity index (χ1) is 14.9. The van der Waals surface area contributed by atoms with Crippen LogP contribution in [0.3, 0.4) is 0 Å². The van der Waals surface area contributed by atoms with E-state index < -0.39 is 10.8 Å². The number of carbonyl (C=O) groups excluding carboxylic acids is 1. The molecule has 31 heavy (non-hydrogen) atoms. The molecule has 3 rings (SSSR count). The summed E-state index contributed by atoms with van der Waals surface area (Å²) < 4.78 is 5.14. The number of aromatic nitrogens is 1. The fourth-order valence-corrected chi connectivity index (χ4v) is 3.63. The van der Waals surface area contributed by atoms with Crippen molar-refractivity contribution in [1.29, 1.82) is 0 Å². The maximum absolute atomic E-state index is 12.1. The van der Waals surface area contributed by atoms with Crippen molar-refractivity contribution in [3.05, 3.63) is 74.6 Å². The molecule has 0 spiro atoms. The van der Waals surface area contributed by atoms with E-state index in [1.807, 2.05) is 29.6 Å². The average molecular weight is 475 g/mol. The molecule has 0 saturated carbocycles. The Labute approximate surface area is 191 Å². The molecule has 0 fully saturated rings. The molecule has 0 aliphatic rings. The van der Waals surface area contributed by atoms with Gasteiger partial charge in [0.25, 0.3) is 5.69 Å². The highest BCUT2D eigenvalue weighted by molar-refractivity contribution is 7.80. The summed E-state index contributed by atoms with van der Waals surface area (Å²) in [4.78, 5) is 26.9. The van der Waals surface area contributed by atoms with Gasteiger partial charge in [-0.15, -0.1) is 11.3 Å². The first kappa shape index (κ1) is 22.3. The Kier molecular flexibility index (Phi) is 7.29. The molecule has 158 valence electrons. The Morgan fingerprint density at radius 3 is 2.71 bits per heavy atom. The molecule has 8 nitrogen and oxygen atoms in total. The van der Waals surface area contributed by atoms with E-state index in [-0.39, 0.29) is 15.8 Å². The number of nitro groups is 1. The molecule has 1 amide bonds. The van der Waals surface area contributed by atoms with Crippen LogP contribution in [0.2, 0.25) is 5.02 Å². The number of methoxy groups -OCH3 is 1. The van der Waals surface area contributed by atoms with Gasteiger partial charge in [-0.05, 0) is 54.2 Å². The molecule has 0 atom stereocenters. The minimum Gasteiger partial charge on any atom is -0.497 e. The maximum Gasteiger partial charge on any atom is 0.288 e. The third kappa shape index (κ3) is 6.07. The summed E-state index contributed by atoms with van der Waals surface area (Å²) in [5.74, 6) is 0.254. The Bertz CT molecular complexity index is 1160. The number of nitrogens with zero attached hydrogens (tertiary/aromatic N) is 2. The van der Waals surface area contributed by atoms with Gasteiger partial charge in [-0.1, -0.05) is 17.7 Å². The molecular formula is C20H15ClN4O4S2. The van der Waals surface area contributed by atoms with Gasteiger partial charge < -0.3 is 10.1 Å². The quantitative estimate of drug-likeness (QED) is 0.226. The largest absolute Gasteiger partial charge is 0.497 e. The summed E-state index contributed by atoms with van der Waals surface area (Å²) in [5.41, 5.74) is 1.89. The van der Waals surface area contributed by atoms with Crippen LogP contribution < -0.4 is 15.4 Å². The van der Waals surface area contributed by atoms with Gasteiger partial charge in [0, 0.05) is 23.1 Å². The lowest BCUT2D eigenvalue weighted by Gasteiger charge is -2.05. The molecule has 0 aliphatic heterocycles. The Morgan fingerprint density at radius 2 is 2.03 bits per heavy atom. The number of carbonyl (C=O) groups is 1. The van der Waals surface area contributed by atoms with E-state index in [1.165, 1.54) is 35.6 Å². The number of thiocarbonyl (C=S) groups is 1. The van der Waals surface area contributed by atoms with E-state index in [0.29, 0.717) is 10.7 Å². The van der Waals surface area contributed by atoms with Crippen molar-refractivity contribution in [1.82, 2.24) is 10.3 Å². The highest BCUT2D eigenvalue weighted by atomic mass is 35.5. The van der Waals surface area contributed by atoms with Crippen molar-refractivity contribution in [2.75, 3.05) is 12.4 Å². The number of nitro benzene ring substituents is 1. The molecule has 0 aliphatic carbocycles. The number of amides is 1. The summed E-state index contributed by atoms with van der Waals surface area (Å²) in [6.45, 7) is 0. The van der Waals surface area contributed by atoms with Crippen molar-refractivity contribution in [3.63, 3.8) is 0 Å². The topological polar surface area (TPSA) is 106 Å². The molecule has 0 saturated heterocycles. The fraction of sp³-hybridized carbons (Fsp3) is 0.0500. The second kappa shape index (κ2) is 10.1. The second-order valence-electron chi connectivity index (χ2n) is 6.01. The predicted molar refractivity (Wildman–Crippen MR) is 126 cm³/mol.